The van der Waals surface area contributed by atoms with Crippen molar-refractivity contribution >= 4 is 5.97 Å². The van der Waals surface area contributed by atoms with Gasteiger partial charge < -0.3 is 9.47 Å². The van der Waals surface area contributed by atoms with Crippen LogP contribution < -0.4 is 4.74 Å². The van der Waals surface area contributed by atoms with Crippen molar-refractivity contribution < 1.29 is 14.3 Å². The Balaban J connectivity index is 1.26. The van der Waals surface area contributed by atoms with Gasteiger partial charge in [-0.2, -0.15) is 0 Å². The molecule has 37 heavy (non-hydrogen) atoms. The van der Waals surface area contributed by atoms with Gasteiger partial charge in [-0.3, -0.25) is 0 Å². The fraction of sp³-hybridized carbons (Fsp3) is 0.441. The summed E-state index contributed by atoms with van der Waals surface area (Å²) in [6.07, 6.45) is 6.74. The molecule has 5 rings (SSSR count). The first-order chi connectivity index (χ1) is 17.6. The van der Waals surface area contributed by atoms with Crippen LogP contribution in [0, 0.1) is 12.8 Å². The summed E-state index contributed by atoms with van der Waals surface area (Å²) in [6, 6.07) is 24.0. The third-order valence-electron chi connectivity index (χ3n) is 7.91. The highest BCUT2D eigenvalue weighted by atomic mass is 16.6. The quantitative estimate of drug-likeness (QED) is 0.320. The number of carbonyl (C=O) groups excluding carboxylic acids is 1. The molecular weight excluding hydrogens is 456 g/mol. The number of ether oxygens (including phenoxy) is 2. The SMILES string of the molecule is Cc1cc(-c2ccc(C3CCC(C)CC3)cc2)ccc1-c1ccc(OC2(C(=O)OC(C)(C)C)CC2)cc1. The second kappa shape index (κ2) is 10.0. The molecule has 3 aromatic rings. The zero-order valence-corrected chi connectivity index (χ0v) is 23.0. The molecule has 2 saturated carbocycles. The highest BCUT2D eigenvalue weighted by Crippen LogP contribution is 2.43. The first-order valence-corrected chi connectivity index (χ1v) is 13.9. The van der Waals surface area contributed by atoms with Crippen LogP contribution in [0.1, 0.15) is 83.3 Å². The number of hydrogen-bond donors (Lipinski definition) is 0. The molecule has 0 spiro atoms. The Morgan fingerprint density at radius 3 is 1.97 bits per heavy atom. The lowest BCUT2D eigenvalue weighted by Crippen LogP contribution is -2.37. The van der Waals surface area contributed by atoms with Crippen LogP contribution in [0.4, 0.5) is 0 Å². The Kier molecular flexibility index (Phi) is 6.91. The summed E-state index contributed by atoms with van der Waals surface area (Å²) in [5.41, 5.74) is 6.25. The minimum atomic E-state index is -0.822. The molecule has 3 aromatic carbocycles. The molecule has 0 radical (unpaired) electrons. The van der Waals surface area contributed by atoms with Gasteiger partial charge in [0.25, 0.3) is 0 Å². The molecule has 0 atom stereocenters. The lowest BCUT2D eigenvalue weighted by Gasteiger charge is -2.26. The highest BCUT2D eigenvalue weighted by Gasteiger charge is 2.55. The van der Waals surface area contributed by atoms with E-state index in [-0.39, 0.29) is 5.97 Å². The van der Waals surface area contributed by atoms with E-state index < -0.39 is 11.2 Å². The Morgan fingerprint density at radius 2 is 1.41 bits per heavy atom. The summed E-state index contributed by atoms with van der Waals surface area (Å²) in [7, 11) is 0. The Bertz CT molecular complexity index is 1240. The van der Waals surface area contributed by atoms with Crippen molar-refractivity contribution in [2.75, 3.05) is 0 Å². The van der Waals surface area contributed by atoms with E-state index in [1.807, 2.05) is 32.9 Å². The molecule has 0 N–H and O–H groups in total. The van der Waals surface area contributed by atoms with Crippen molar-refractivity contribution in [3.8, 4) is 28.0 Å². The molecule has 3 heteroatoms. The van der Waals surface area contributed by atoms with Crippen LogP contribution >= 0.6 is 0 Å². The number of rotatable bonds is 6. The van der Waals surface area contributed by atoms with Gasteiger partial charge in [0.15, 0.2) is 0 Å². The van der Waals surface area contributed by atoms with E-state index in [0.717, 1.165) is 17.4 Å². The average Bonchev–Trinajstić information content (AvgIpc) is 3.65. The third kappa shape index (κ3) is 5.92. The first-order valence-electron chi connectivity index (χ1n) is 13.9. The summed E-state index contributed by atoms with van der Waals surface area (Å²) in [5.74, 6) is 2.04. The van der Waals surface area contributed by atoms with Crippen molar-refractivity contribution in [3.63, 3.8) is 0 Å². The number of esters is 1. The minimum absolute atomic E-state index is 0.267. The van der Waals surface area contributed by atoms with E-state index in [1.165, 1.54) is 53.5 Å². The Labute approximate surface area is 222 Å². The number of aryl methyl sites for hydroxylation is 1. The summed E-state index contributed by atoms with van der Waals surface area (Å²) in [5, 5.41) is 0. The molecule has 2 aliphatic carbocycles. The van der Waals surface area contributed by atoms with Gasteiger partial charge in [-0.05, 0) is 97.9 Å². The van der Waals surface area contributed by atoms with Gasteiger partial charge in [-0.1, -0.05) is 74.4 Å². The number of carbonyl (C=O) groups is 1. The minimum Gasteiger partial charge on any atom is -0.476 e. The molecule has 0 saturated heterocycles. The number of benzene rings is 3. The molecule has 194 valence electrons. The summed E-state index contributed by atoms with van der Waals surface area (Å²) < 4.78 is 11.7. The molecule has 0 heterocycles. The Morgan fingerprint density at radius 1 is 0.811 bits per heavy atom. The van der Waals surface area contributed by atoms with E-state index in [0.29, 0.717) is 18.6 Å². The predicted octanol–water partition coefficient (Wildman–Crippen LogP) is 8.88. The largest absolute Gasteiger partial charge is 0.476 e. The van der Waals surface area contributed by atoms with Gasteiger partial charge in [-0.25, -0.2) is 4.79 Å². The summed E-state index contributed by atoms with van der Waals surface area (Å²) in [6.45, 7) is 10.2. The van der Waals surface area contributed by atoms with Crippen molar-refractivity contribution in [2.45, 2.75) is 90.3 Å². The van der Waals surface area contributed by atoms with Crippen molar-refractivity contribution in [3.05, 3.63) is 77.9 Å². The normalized spacial score (nSPS) is 20.8. The third-order valence-corrected chi connectivity index (χ3v) is 7.91. The van der Waals surface area contributed by atoms with Crippen LogP contribution in [0.5, 0.6) is 5.75 Å². The van der Waals surface area contributed by atoms with Crippen LogP contribution in [-0.4, -0.2) is 17.2 Å². The fourth-order valence-corrected chi connectivity index (χ4v) is 5.47. The molecule has 2 aliphatic rings. The average molecular weight is 497 g/mol. The highest BCUT2D eigenvalue weighted by molar-refractivity contribution is 5.84. The molecule has 0 amide bonds. The van der Waals surface area contributed by atoms with Crippen molar-refractivity contribution in [1.82, 2.24) is 0 Å². The first kappa shape index (κ1) is 25.6. The maximum Gasteiger partial charge on any atom is 0.351 e. The topological polar surface area (TPSA) is 35.5 Å². The van der Waals surface area contributed by atoms with Crippen LogP contribution in [0.25, 0.3) is 22.3 Å². The van der Waals surface area contributed by atoms with Gasteiger partial charge in [-0.15, -0.1) is 0 Å². The second-order valence-electron chi connectivity index (χ2n) is 12.2. The standard InChI is InChI=1S/C34H40O3/c1-23-6-8-25(9-7-23)26-10-12-27(13-11-26)29-16-19-31(24(2)22-29)28-14-17-30(18-15-28)36-34(20-21-34)32(35)37-33(3,4)5/h10-19,22-23,25H,6-9,20-21H2,1-5H3. The predicted molar refractivity (Wildman–Crippen MR) is 151 cm³/mol. The fourth-order valence-electron chi connectivity index (χ4n) is 5.47. The van der Waals surface area contributed by atoms with Gasteiger partial charge in [0.1, 0.15) is 11.4 Å². The second-order valence-corrected chi connectivity index (χ2v) is 12.2. The number of hydrogen-bond acceptors (Lipinski definition) is 3. The van der Waals surface area contributed by atoms with Crippen LogP contribution in [0.3, 0.4) is 0 Å². The van der Waals surface area contributed by atoms with E-state index in [2.05, 4.69) is 68.4 Å². The van der Waals surface area contributed by atoms with Gasteiger partial charge in [0, 0.05) is 12.8 Å². The van der Waals surface area contributed by atoms with E-state index in [9.17, 15) is 4.79 Å². The van der Waals surface area contributed by atoms with Gasteiger partial charge in [0.05, 0.1) is 0 Å². The molecule has 0 unspecified atom stereocenters. The maximum absolute atomic E-state index is 12.6. The molecule has 2 fully saturated rings. The Hall–Kier alpha value is -3.07. The molecule has 0 bridgehead atoms. The molecule has 0 aromatic heterocycles. The molecule has 3 nitrogen and oxygen atoms in total. The monoisotopic (exact) mass is 496 g/mol. The van der Waals surface area contributed by atoms with Crippen molar-refractivity contribution in [2.24, 2.45) is 5.92 Å². The van der Waals surface area contributed by atoms with E-state index in [1.54, 1.807) is 0 Å². The van der Waals surface area contributed by atoms with E-state index in [4.69, 9.17) is 9.47 Å². The van der Waals surface area contributed by atoms with Gasteiger partial charge >= 0.3 is 5.97 Å². The smallest absolute Gasteiger partial charge is 0.351 e. The van der Waals surface area contributed by atoms with Crippen LogP contribution in [-0.2, 0) is 9.53 Å². The molecule has 0 aliphatic heterocycles. The zero-order valence-electron chi connectivity index (χ0n) is 23.0. The van der Waals surface area contributed by atoms with E-state index >= 15 is 0 Å². The lowest BCUT2D eigenvalue weighted by atomic mass is 9.79. The summed E-state index contributed by atoms with van der Waals surface area (Å²) >= 11 is 0. The lowest BCUT2D eigenvalue weighted by molar-refractivity contribution is -0.165. The maximum atomic E-state index is 12.6. The summed E-state index contributed by atoms with van der Waals surface area (Å²) in [4.78, 5) is 12.6. The van der Waals surface area contributed by atoms with Crippen LogP contribution in [0.15, 0.2) is 66.7 Å². The zero-order chi connectivity index (χ0) is 26.2. The molecular formula is C34H40O3. The van der Waals surface area contributed by atoms with Crippen LogP contribution in [0.2, 0.25) is 0 Å². The van der Waals surface area contributed by atoms with Crippen molar-refractivity contribution in [1.29, 1.82) is 0 Å². The van der Waals surface area contributed by atoms with Gasteiger partial charge in [0.2, 0.25) is 5.60 Å².